The smallest absolute Gasteiger partial charge is 0.256 e. The van der Waals surface area contributed by atoms with Crippen LogP contribution in [0.4, 0.5) is 10.1 Å². The average molecular weight is 450 g/mol. The van der Waals surface area contributed by atoms with E-state index in [9.17, 15) is 22.4 Å². The minimum atomic E-state index is -3.79. The summed E-state index contributed by atoms with van der Waals surface area (Å²) < 4.78 is 44.4. The van der Waals surface area contributed by atoms with Crippen molar-refractivity contribution in [1.82, 2.24) is 9.21 Å². The van der Waals surface area contributed by atoms with E-state index in [0.717, 1.165) is 10.6 Å². The van der Waals surface area contributed by atoms with E-state index in [1.807, 2.05) is 0 Å². The van der Waals surface area contributed by atoms with Crippen molar-refractivity contribution in [2.24, 2.45) is 0 Å². The highest BCUT2D eigenvalue weighted by atomic mass is 32.2. The normalized spacial score (nSPS) is 14.5. The molecular formula is C21H24FN3O5S. The Morgan fingerprint density at radius 1 is 1.10 bits per heavy atom. The van der Waals surface area contributed by atoms with E-state index in [2.05, 4.69) is 5.32 Å². The van der Waals surface area contributed by atoms with Crippen molar-refractivity contribution in [2.45, 2.75) is 6.54 Å². The van der Waals surface area contributed by atoms with Crippen molar-refractivity contribution in [3.63, 3.8) is 0 Å². The van der Waals surface area contributed by atoms with Crippen LogP contribution in [0.25, 0.3) is 0 Å². The quantitative estimate of drug-likeness (QED) is 0.694. The van der Waals surface area contributed by atoms with Gasteiger partial charge in [0.05, 0.1) is 37.3 Å². The molecule has 3 rings (SSSR count). The molecule has 1 heterocycles. The molecule has 0 aliphatic carbocycles. The molecular weight excluding hydrogens is 425 g/mol. The Labute approximate surface area is 180 Å². The molecule has 0 atom stereocenters. The first-order valence-electron chi connectivity index (χ1n) is 9.70. The maximum atomic E-state index is 14.0. The summed E-state index contributed by atoms with van der Waals surface area (Å²) in [5.74, 6) is -1.44. The van der Waals surface area contributed by atoms with Gasteiger partial charge in [0.1, 0.15) is 5.82 Å². The zero-order valence-electron chi connectivity index (χ0n) is 17.1. The maximum Gasteiger partial charge on any atom is 0.256 e. The number of benzene rings is 2. The fourth-order valence-corrected chi connectivity index (χ4v) is 3.90. The molecule has 0 unspecified atom stereocenters. The second-order valence-corrected chi connectivity index (χ2v) is 9.10. The number of ether oxygens (including phenoxy) is 1. The fraction of sp³-hybridized carbons (Fsp3) is 0.333. The summed E-state index contributed by atoms with van der Waals surface area (Å²) in [7, 11) is -3.79. The number of para-hydroxylation sites is 1. The predicted octanol–water partition coefficient (Wildman–Crippen LogP) is 1.70. The first kappa shape index (κ1) is 22.9. The molecule has 8 nitrogen and oxygen atoms in total. The Kier molecular flexibility index (Phi) is 7.37. The standard InChI is InChI=1S/C21H24FN3O5S/c1-31(28,29)25(14-16-6-2-4-8-18(16)22)15-20(26)23-19-9-5-3-7-17(19)21(27)24-10-12-30-13-11-24/h2-9H,10-15H2,1H3,(H,23,26). The number of nitrogens with zero attached hydrogens (tertiary/aromatic N) is 2. The number of hydrogen-bond acceptors (Lipinski definition) is 5. The summed E-state index contributed by atoms with van der Waals surface area (Å²) in [6, 6.07) is 12.3. The second-order valence-electron chi connectivity index (χ2n) is 7.12. The van der Waals surface area contributed by atoms with Crippen molar-refractivity contribution in [3.05, 3.63) is 65.5 Å². The topological polar surface area (TPSA) is 96.0 Å². The molecule has 1 N–H and O–H groups in total. The van der Waals surface area contributed by atoms with Crippen LogP contribution in [0.15, 0.2) is 48.5 Å². The van der Waals surface area contributed by atoms with Gasteiger partial charge in [-0.2, -0.15) is 4.31 Å². The highest BCUT2D eigenvalue weighted by Gasteiger charge is 2.24. The molecule has 1 aliphatic heterocycles. The van der Waals surface area contributed by atoms with Gasteiger partial charge in [-0.25, -0.2) is 12.8 Å². The number of halogens is 1. The maximum absolute atomic E-state index is 14.0. The van der Waals surface area contributed by atoms with Crippen molar-refractivity contribution < 1.29 is 27.1 Å². The zero-order chi connectivity index (χ0) is 22.4. The van der Waals surface area contributed by atoms with E-state index >= 15 is 0 Å². The van der Waals surface area contributed by atoms with Gasteiger partial charge in [0.25, 0.3) is 5.91 Å². The predicted molar refractivity (Wildman–Crippen MR) is 113 cm³/mol. The number of carbonyl (C=O) groups is 2. The molecule has 1 saturated heterocycles. The number of carbonyl (C=O) groups excluding carboxylic acids is 2. The van der Waals surface area contributed by atoms with E-state index in [1.54, 1.807) is 35.2 Å². The summed E-state index contributed by atoms with van der Waals surface area (Å²) >= 11 is 0. The number of hydrogen-bond donors (Lipinski definition) is 1. The minimum Gasteiger partial charge on any atom is -0.378 e. The van der Waals surface area contributed by atoms with E-state index in [0.29, 0.717) is 31.9 Å². The van der Waals surface area contributed by atoms with Crippen LogP contribution in [0.2, 0.25) is 0 Å². The lowest BCUT2D eigenvalue weighted by Gasteiger charge is -2.27. The van der Waals surface area contributed by atoms with E-state index in [4.69, 9.17) is 4.74 Å². The Morgan fingerprint density at radius 3 is 2.42 bits per heavy atom. The van der Waals surface area contributed by atoms with Crippen LogP contribution in [0, 0.1) is 5.82 Å². The highest BCUT2D eigenvalue weighted by molar-refractivity contribution is 7.88. The fourth-order valence-electron chi connectivity index (χ4n) is 3.17. The number of nitrogens with one attached hydrogen (secondary N) is 1. The molecule has 0 spiro atoms. The largest absolute Gasteiger partial charge is 0.378 e. The molecule has 0 aromatic heterocycles. The number of sulfonamides is 1. The summed E-state index contributed by atoms with van der Waals surface area (Å²) in [5.41, 5.74) is 0.740. The Morgan fingerprint density at radius 2 is 1.74 bits per heavy atom. The van der Waals surface area contributed by atoms with Crippen LogP contribution < -0.4 is 5.32 Å². The lowest BCUT2D eigenvalue weighted by molar-refractivity contribution is -0.116. The van der Waals surface area contributed by atoms with Crippen molar-refractivity contribution >= 4 is 27.5 Å². The molecule has 0 radical (unpaired) electrons. The third-order valence-electron chi connectivity index (χ3n) is 4.82. The van der Waals surface area contributed by atoms with Crippen LogP contribution >= 0.6 is 0 Å². The van der Waals surface area contributed by atoms with Gasteiger partial charge >= 0.3 is 0 Å². The lowest BCUT2D eigenvalue weighted by Crippen LogP contribution is -2.41. The first-order valence-corrected chi connectivity index (χ1v) is 11.5. The third-order valence-corrected chi connectivity index (χ3v) is 6.02. The Hall–Kier alpha value is -2.82. The van der Waals surface area contributed by atoms with Crippen LogP contribution in [-0.4, -0.2) is 68.5 Å². The molecule has 31 heavy (non-hydrogen) atoms. The van der Waals surface area contributed by atoms with Crippen LogP contribution in [0.1, 0.15) is 15.9 Å². The van der Waals surface area contributed by atoms with Gasteiger partial charge in [-0.3, -0.25) is 9.59 Å². The first-order chi connectivity index (χ1) is 14.8. The van der Waals surface area contributed by atoms with Crippen molar-refractivity contribution in [2.75, 3.05) is 44.4 Å². The molecule has 1 fully saturated rings. The molecule has 2 aromatic carbocycles. The van der Waals surface area contributed by atoms with Gasteiger partial charge in [-0.1, -0.05) is 30.3 Å². The summed E-state index contributed by atoms with van der Waals surface area (Å²) in [4.78, 5) is 27.1. The summed E-state index contributed by atoms with van der Waals surface area (Å²) in [6.07, 6.45) is 0.955. The zero-order valence-corrected chi connectivity index (χ0v) is 17.9. The van der Waals surface area contributed by atoms with E-state index in [-0.39, 0.29) is 23.7 Å². The van der Waals surface area contributed by atoms with Gasteiger partial charge in [0.2, 0.25) is 15.9 Å². The number of rotatable bonds is 7. The van der Waals surface area contributed by atoms with Crippen LogP contribution in [0.3, 0.4) is 0 Å². The molecule has 2 aromatic rings. The van der Waals surface area contributed by atoms with Gasteiger partial charge in [0, 0.05) is 25.2 Å². The van der Waals surface area contributed by atoms with Crippen LogP contribution in [-0.2, 0) is 26.1 Å². The highest BCUT2D eigenvalue weighted by Crippen LogP contribution is 2.19. The number of amides is 2. The molecule has 0 bridgehead atoms. The average Bonchev–Trinajstić information content (AvgIpc) is 2.74. The monoisotopic (exact) mass is 449 g/mol. The molecule has 1 aliphatic rings. The Bertz CT molecular complexity index is 1050. The molecule has 166 valence electrons. The van der Waals surface area contributed by atoms with Crippen LogP contribution in [0.5, 0.6) is 0 Å². The summed E-state index contributed by atoms with van der Waals surface area (Å²) in [6.45, 7) is 0.983. The third kappa shape index (κ3) is 6.09. The minimum absolute atomic E-state index is 0.156. The van der Waals surface area contributed by atoms with E-state index in [1.165, 1.54) is 18.2 Å². The molecule has 2 amide bonds. The number of anilines is 1. The Balaban J connectivity index is 1.74. The SMILES string of the molecule is CS(=O)(=O)N(CC(=O)Nc1ccccc1C(=O)N1CCOCC1)Cc1ccccc1F. The van der Waals surface area contributed by atoms with E-state index < -0.39 is 28.3 Å². The van der Waals surface area contributed by atoms with Gasteiger partial charge < -0.3 is 15.0 Å². The summed E-state index contributed by atoms with van der Waals surface area (Å²) in [5, 5.41) is 2.62. The molecule has 10 heteroatoms. The second kappa shape index (κ2) is 9.99. The van der Waals surface area contributed by atoms with Gasteiger partial charge in [0.15, 0.2) is 0 Å². The van der Waals surface area contributed by atoms with Crippen molar-refractivity contribution in [3.8, 4) is 0 Å². The van der Waals surface area contributed by atoms with Gasteiger partial charge in [-0.05, 0) is 18.2 Å². The van der Waals surface area contributed by atoms with Gasteiger partial charge in [-0.15, -0.1) is 0 Å². The van der Waals surface area contributed by atoms with Crippen molar-refractivity contribution in [1.29, 1.82) is 0 Å². The lowest BCUT2D eigenvalue weighted by atomic mass is 10.1. The molecule has 0 saturated carbocycles. The number of morpholine rings is 1.